The quantitative estimate of drug-likeness (QED) is 0.758. The van der Waals surface area contributed by atoms with Gasteiger partial charge in [-0.2, -0.15) is 0 Å². The summed E-state index contributed by atoms with van der Waals surface area (Å²) in [7, 11) is 0. The van der Waals surface area contributed by atoms with Crippen molar-refractivity contribution in [1.29, 1.82) is 0 Å². The molecule has 0 radical (unpaired) electrons. The van der Waals surface area contributed by atoms with Crippen LogP contribution in [0.2, 0.25) is 0 Å². The molecule has 4 nitrogen and oxygen atoms in total. The van der Waals surface area contributed by atoms with E-state index in [4.69, 9.17) is 0 Å². The largest absolute Gasteiger partial charge is 0.503 e. The molecule has 0 saturated heterocycles. The highest BCUT2D eigenvalue weighted by molar-refractivity contribution is 5.74. The van der Waals surface area contributed by atoms with Crippen LogP contribution in [-0.4, -0.2) is 15.1 Å². The minimum absolute atomic E-state index is 0.0515. The normalized spacial score (nSPS) is 10.4. The number of hydrogen-bond acceptors (Lipinski definition) is 4. The van der Waals surface area contributed by atoms with Gasteiger partial charge in [-0.05, 0) is 24.1 Å². The van der Waals surface area contributed by atoms with Crippen LogP contribution in [0.25, 0.3) is 11.3 Å². The van der Waals surface area contributed by atoms with Gasteiger partial charge in [0.15, 0.2) is 11.6 Å². The molecule has 4 heteroatoms. The minimum Gasteiger partial charge on any atom is -0.503 e. The van der Waals surface area contributed by atoms with Gasteiger partial charge in [0.2, 0.25) is 0 Å². The van der Waals surface area contributed by atoms with Gasteiger partial charge in [-0.3, -0.25) is 0 Å². The van der Waals surface area contributed by atoms with Crippen molar-refractivity contribution < 1.29 is 5.11 Å². The molecule has 0 fully saturated rings. The van der Waals surface area contributed by atoms with Gasteiger partial charge in [0, 0.05) is 11.3 Å². The van der Waals surface area contributed by atoms with Crippen molar-refractivity contribution in [2.75, 3.05) is 5.32 Å². The Balaban J connectivity index is 1.94. The number of nitrogens with zero attached hydrogens (tertiary/aromatic N) is 2. The Kier molecular flexibility index (Phi) is 4.01. The van der Waals surface area contributed by atoms with Crippen molar-refractivity contribution in [2.45, 2.75) is 13.3 Å². The molecule has 3 rings (SSSR count). The summed E-state index contributed by atoms with van der Waals surface area (Å²) in [6.45, 7) is 2.11. The molecule has 2 aromatic carbocycles. The third-order valence-electron chi connectivity index (χ3n) is 3.49. The molecule has 22 heavy (non-hydrogen) atoms. The Hall–Kier alpha value is -2.88. The smallest absolute Gasteiger partial charge is 0.185 e. The maximum atomic E-state index is 10.4. The summed E-state index contributed by atoms with van der Waals surface area (Å²) >= 11 is 0. The van der Waals surface area contributed by atoms with E-state index in [-0.39, 0.29) is 5.75 Å². The summed E-state index contributed by atoms with van der Waals surface area (Å²) in [6, 6.07) is 17.6. The molecule has 0 atom stereocenters. The lowest BCUT2D eigenvalue weighted by Gasteiger charge is -2.10. The molecule has 2 N–H and O–H groups in total. The van der Waals surface area contributed by atoms with Gasteiger partial charge in [0.25, 0.3) is 0 Å². The zero-order valence-corrected chi connectivity index (χ0v) is 12.3. The highest BCUT2D eigenvalue weighted by atomic mass is 16.3. The molecule has 0 amide bonds. The first kappa shape index (κ1) is 14.1. The fourth-order valence-electron chi connectivity index (χ4n) is 2.24. The van der Waals surface area contributed by atoms with Crippen LogP contribution in [-0.2, 0) is 6.42 Å². The fourth-order valence-corrected chi connectivity index (χ4v) is 2.24. The lowest BCUT2D eigenvalue weighted by Crippen LogP contribution is -1.97. The van der Waals surface area contributed by atoms with E-state index in [1.54, 1.807) is 0 Å². The van der Waals surface area contributed by atoms with E-state index in [0.717, 1.165) is 17.7 Å². The van der Waals surface area contributed by atoms with Crippen LogP contribution in [0.1, 0.15) is 12.5 Å². The predicted octanol–water partition coefficient (Wildman–Crippen LogP) is 4.16. The first-order chi connectivity index (χ1) is 10.8. The molecule has 0 saturated carbocycles. The summed E-state index contributed by atoms with van der Waals surface area (Å²) in [5, 5.41) is 13.5. The van der Waals surface area contributed by atoms with E-state index in [1.165, 1.54) is 11.9 Å². The minimum atomic E-state index is 0.0515. The third-order valence-corrected chi connectivity index (χ3v) is 3.49. The number of rotatable bonds is 4. The van der Waals surface area contributed by atoms with Crippen LogP contribution in [0.4, 0.5) is 11.5 Å². The topological polar surface area (TPSA) is 58.0 Å². The maximum absolute atomic E-state index is 10.4. The van der Waals surface area contributed by atoms with Crippen LogP contribution < -0.4 is 5.32 Å². The molecular formula is C18H17N3O. The fraction of sp³-hybridized carbons (Fsp3) is 0.111. The highest BCUT2D eigenvalue weighted by Crippen LogP contribution is 2.33. The SMILES string of the molecule is CCc1ccc(-c2ncnc(Nc3ccccc3)c2O)cc1. The molecule has 1 heterocycles. The van der Waals surface area contributed by atoms with Gasteiger partial charge in [0.1, 0.15) is 12.0 Å². The average molecular weight is 291 g/mol. The van der Waals surface area contributed by atoms with Crippen molar-refractivity contribution in [3.63, 3.8) is 0 Å². The molecule has 3 aromatic rings. The van der Waals surface area contributed by atoms with Crippen molar-refractivity contribution >= 4 is 11.5 Å². The summed E-state index contributed by atoms with van der Waals surface area (Å²) in [6.07, 6.45) is 2.44. The molecule has 0 aliphatic heterocycles. The second-order valence-electron chi connectivity index (χ2n) is 4.96. The molecule has 110 valence electrons. The van der Waals surface area contributed by atoms with Crippen LogP contribution in [0.5, 0.6) is 5.75 Å². The molecule has 0 aliphatic carbocycles. The van der Waals surface area contributed by atoms with Gasteiger partial charge < -0.3 is 10.4 Å². The Morgan fingerprint density at radius 1 is 0.955 bits per heavy atom. The zero-order chi connectivity index (χ0) is 15.4. The van der Waals surface area contributed by atoms with E-state index in [9.17, 15) is 5.11 Å². The monoisotopic (exact) mass is 291 g/mol. The molecule has 0 bridgehead atoms. The van der Waals surface area contributed by atoms with Gasteiger partial charge in [0.05, 0.1) is 0 Å². The molecule has 0 unspecified atom stereocenters. The van der Waals surface area contributed by atoms with Gasteiger partial charge in [-0.15, -0.1) is 0 Å². The molecule has 1 aromatic heterocycles. The summed E-state index contributed by atoms with van der Waals surface area (Å²) in [5.41, 5.74) is 3.51. The maximum Gasteiger partial charge on any atom is 0.185 e. The predicted molar refractivity (Wildman–Crippen MR) is 88.2 cm³/mol. The summed E-state index contributed by atoms with van der Waals surface area (Å²) in [5.74, 6) is 0.450. The Morgan fingerprint density at radius 2 is 1.68 bits per heavy atom. The molecule has 0 spiro atoms. The standard InChI is InChI=1S/C18H17N3O/c1-2-13-8-10-14(11-9-13)16-17(22)18(20-12-19-16)21-15-6-4-3-5-7-15/h3-12,22H,2H2,1H3,(H,19,20,21). The summed E-state index contributed by atoms with van der Waals surface area (Å²) < 4.78 is 0. The van der Waals surface area contributed by atoms with E-state index < -0.39 is 0 Å². The summed E-state index contributed by atoms with van der Waals surface area (Å²) in [4.78, 5) is 8.33. The number of nitrogens with one attached hydrogen (secondary N) is 1. The number of anilines is 2. The number of aryl methyl sites for hydroxylation is 1. The number of benzene rings is 2. The average Bonchev–Trinajstić information content (AvgIpc) is 2.58. The number of hydrogen-bond donors (Lipinski definition) is 2. The number of aromatic nitrogens is 2. The van der Waals surface area contributed by atoms with E-state index in [1.807, 2.05) is 54.6 Å². The first-order valence-corrected chi connectivity index (χ1v) is 7.23. The van der Waals surface area contributed by atoms with Crippen LogP contribution >= 0.6 is 0 Å². The van der Waals surface area contributed by atoms with Crippen molar-refractivity contribution in [2.24, 2.45) is 0 Å². The van der Waals surface area contributed by atoms with Crippen LogP contribution in [0.15, 0.2) is 60.9 Å². The Labute approximate surface area is 129 Å². The van der Waals surface area contributed by atoms with Crippen molar-refractivity contribution in [1.82, 2.24) is 9.97 Å². The van der Waals surface area contributed by atoms with E-state index in [2.05, 4.69) is 22.2 Å². The van der Waals surface area contributed by atoms with Gasteiger partial charge >= 0.3 is 0 Å². The molecule has 0 aliphatic rings. The van der Waals surface area contributed by atoms with E-state index >= 15 is 0 Å². The highest BCUT2D eigenvalue weighted by Gasteiger charge is 2.12. The zero-order valence-electron chi connectivity index (χ0n) is 12.3. The van der Waals surface area contributed by atoms with Crippen molar-refractivity contribution in [3.05, 3.63) is 66.5 Å². The van der Waals surface area contributed by atoms with E-state index in [0.29, 0.717) is 11.5 Å². The first-order valence-electron chi connectivity index (χ1n) is 7.23. The molecular weight excluding hydrogens is 274 g/mol. The van der Waals surface area contributed by atoms with Crippen molar-refractivity contribution in [3.8, 4) is 17.0 Å². The van der Waals surface area contributed by atoms with Crippen LogP contribution in [0.3, 0.4) is 0 Å². The second kappa shape index (κ2) is 6.26. The lowest BCUT2D eigenvalue weighted by atomic mass is 10.1. The van der Waals surface area contributed by atoms with Crippen LogP contribution in [0, 0.1) is 0 Å². The van der Waals surface area contributed by atoms with Gasteiger partial charge in [-0.1, -0.05) is 49.4 Å². The lowest BCUT2D eigenvalue weighted by molar-refractivity contribution is 0.475. The van der Waals surface area contributed by atoms with Gasteiger partial charge in [-0.25, -0.2) is 9.97 Å². The third kappa shape index (κ3) is 2.91. The number of aromatic hydroxyl groups is 1. The number of para-hydroxylation sites is 1. The second-order valence-corrected chi connectivity index (χ2v) is 4.96. The Morgan fingerprint density at radius 3 is 2.36 bits per heavy atom. The Bertz CT molecular complexity index is 755.